The van der Waals surface area contributed by atoms with Crippen LogP contribution < -0.4 is 10.6 Å². The van der Waals surface area contributed by atoms with Crippen molar-refractivity contribution in [2.75, 3.05) is 26.7 Å². The van der Waals surface area contributed by atoms with Gasteiger partial charge in [0.1, 0.15) is 0 Å². The maximum atomic E-state index is 6.05. The molecule has 146 valence electrons. The average molecular weight is 369 g/mol. The van der Waals surface area contributed by atoms with Gasteiger partial charge in [-0.2, -0.15) is 0 Å². The van der Waals surface area contributed by atoms with Crippen LogP contribution in [0.4, 0.5) is 0 Å². The van der Waals surface area contributed by atoms with Crippen LogP contribution in [-0.2, 0) is 11.3 Å². The molecule has 2 saturated heterocycles. The lowest BCUT2D eigenvalue weighted by atomic mass is 9.46. The van der Waals surface area contributed by atoms with Crippen molar-refractivity contribution < 1.29 is 4.74 Å². The molecule has 0 amide bonds. The number of aliphatic imine (C=N–C) groups is 1. The van der Waals surface area contributed by atoms with E-state index in [2.05, 4.69) is 50.9 Å². The van der Waals surface area contributed by atoms with Crippen LogP contribution in [0, 0.1) is 11.3 Å². The van der Waals surface area contributed by atoms with Gasteiger partial charge in [0.2, 0.25) is 0 Å². The molecule has 4 aliphatic rings. The number of guanidine groups is 1. The molecule has 5 nitrogen and oxygen atoms in total. The number of benzene rings is 1. The quantitative estimate of drug-likeness (QED) is 0.633. The van der Waals surface area contributed by atoms with Gasteiger partial charge in [-0.25, -0.2) is 0 Å². The third-order valence-corrected chi connectivity index (χ3v) is 7.41. The van der Waals surface area contributed by atoms with Crippen molar-refractivity contribution in [1.29, 1.82) is 0 Å². The maximum Gasteiger partial charge on any atom is 0.191 e. The molecule has 1 aromatic carbocycles. The van der Waals surface area contributed by atoms with Crippen molar-refractivity contribution >= 4 is 5.96 Å². The summed E-state index contributed by atoms with van der Waals surface area (Å²) in [6.45, 7) is 4.21. The minimum absolute atomic E-state index is 0.397. The van der Waals surface area contributed by atoms with Gasteiger partial charge in [-0.3, -0.25) is 9.89 Å². The van der Waals surface area contributed by atoms with Crippen LogP contribution >= 0.6 is 0 Å². The highest BCUT2D eigenvalue weighted by molar-refractivity contribution is 5.80. The van der Waals surface area contributed by atoms with Crippen molar-refractivity contribution in [3.05, 3.63) is 35.9 Å². The summed E-state index contributed by atoms with van der Waals surface area (Å²) in [6, 6.07) is 11.8. The van der Waals surface area contributed by atoms with Crippen LogP contribution in [0.3, 0.4) is 0 Å². The second-order valence-electron chi connectivity index (χ2n) is 8.88. The molecule has 0 bridgehead atoms. The molecule has 0 aromatic heterocycles. The number of hydrogen-bond donors (Lipinski definition) is 2. The smallest absolute Gasteiger partial charge is 0.191 e. The lowest BCUT2D eigenvalue weighted by Gasteiger charge is -2.63. The average Bonchev–Trinajstić information content (AvgIpc) is 3.26. The van der Waals surface area contributed by atoms with E-state index in [1.54, 1.807) is 0 Å². The Kier molecular flexibility index (Phi) is 4.60. The number of rotatable bonds is 4. The molecule has 1 aromatic rings. The third-order valence-electron chi connectivity index (χ3n) is 7.41. The molecule has 0 radical (unpaired) electrons. The molecular formula is C22H32N4O. The number of nitrogens with one attached hydrogen (secondary N) is 2. The minimum Gasteiger partial charge on any atom is -0.377 e. The molecule has 2 saturated carbocycles. The van der Waals surface area contributed by atoms with Crippen molar-refractivity contribution in [2.45, 2.75) is 56.8 Å². The molecule has 1 spiro atoms. The Balaban J connectivity index is 1.16. The number of nitrogens with zero attached hydrogens (tertiary/aromatic N) is 2. The van der Waals surface area contributed by atoms with E-state index in [-0.39, 0.29) is 0 Å². The Morgan fingerprint density at radius 2 is 2.07 bits per heavy atom. The first kappa shape index (κ1) is 17.5. The molecular weight excluding hydrogens is 336 g/mol. The Hall–Kier alpha value is -1.59. The van der Waals surface area contributed by atoms with Crippen LogP contribution in [-0.4, -0.2) is 55.8 Å². The van der Waals surface area contributed by atoms with Crippen LogP contribution in [0.2, 0.25) is 0 Å². The predicted octanol–water partition coefficient (Wildman–Crippen LogP) is 2.38. The molecule has 5 heteroatoms. The molecule has 2 aliphatic heterocycles. The largest absolute Gasteiger partial charge is 0.377 e. The Morgan fingerprint density at radius 3 is 2.81 bits per heavy atom. The van der Waals surface area contributed by atoms with E-state index in [9.17, 15) is 0 Å². The lowest BCUT2D eigenvalue weighted by Crippen LogP contribution is -2.72. The topological polar surface area (TPSA) is 48.9 Å². The van der Waals surface area contributed by atoms with Gasteiger partial charge in [-0.05, 0) is 31.2 Å². The second-order valence-corrected chi connectivity index (χ2v) is 8.88. The highest BCUT2D eigenvalue weighted by Crippen LogP contribution is 2.62. The third kappa shape index (κ3) is 3.05. The van der Waals surface area contributed by atoms with Gasteiger partial charge in [-0.15, -0.1) is 0 Å². The van der Waals surface area contributed by atoms with Crippen molar-refractivity contribution in [3.8, 4) is 0 Å². The first-order chi connectivity index (χ1) is 13.3. The van der Waals surface area contributed by atoms with Gasteiger partial charge < -0.3 is 15.4 Å². The fraction of sp³-hybridized carbons (Fsp3) is 0.682. The van der Waals surface area contributed by atoms with E-state index >= 15 is 0 Å². The highest BCUT2D eigenvalue weighted by atomic mass is 16.5. The zero-order valence-corrected chi connectivity index (χ0v) is 16.4. The number of ether oxygens (including phenoxy) is 1. The standard InChI is InChI=1S/C22H32N4O/c1-23-21(25-19-18-9-13-27-20(18)22(19)10-5-11-22)24-17-8-12-26(15-17)14-16-6-3-2-4-7-16/h2-4,6-7,17-20H,5,8-15H2,1H3,(H2,23,24,25). The van der Waals surface area contributed by atoms with E-state index < -0.39 is 0 Å². The van der Waals surface area contributed by atoms with Crippen LogP contribution in [0.1, 0.15) is 37.7 Å². The summed E-state index contributed by atoms with van der Waals surface area (Å²) in [5.41, 5.74) is 1.79. The molecule has 2 heterocycles. The zero-order valence-electron chi connectivity index (χ0n) is 16.4. The van der Waals surface area contributed by atoms with Gasteiger partial charge in [0.25, 0.3) is 0 Å². The summed E-state index contributed by atoms with van der Waals surface area (Å²) in [6.07, 6.45) is 6.88. The van der Waals surface area contributed by atoms with Gasteiger partial charge in [0.15, 0.2) is 5.96 Å². The monoisotopic (exact) mass is 368 g/mol. The highest BCUT2D eigenvalue weighted by Gasteiger charge is 2.66. The summed E-state index contributed by atoms with van der Waals surface area (Å²) in [4.78, 5) is 7.10. The second kappa shape index (κ2) is 7.10. The van der Waals surface area contributed by atoms with E-state index in [0.717, 1.165) is 32.2 Å². The fourth-order valence-corrected chi connectivity index (χ4v) is 5.90. The number of likely N-dealkylation sites (tertiary alicyclic amines) is 1. The van der Waals surface area contributed by atoms with Crippen molar-refractivity contribution in [1.82, 2.24) is 15.5 Å². The van der Waals surface area contributed by atoms with Gasteiger partial charge in [-0.1, -0.05) is 36.8 Å². The van der Waals surface area contributed by atoms with E-state index in [0.29, 0.717) is 29.5 Å². The summed E-state index contributed by atoms with van der Waals surface area (Å²) in [5, 5.41) is 7.50. The van der Waals surface area contributed by atoms with E-state index in [1.807, 2.05) is 7.05 Å². The molecule has 4 fully saturated rings. The number of hydrogen-bond acceptors (Lipinski definition) is 3. The summed E-state index contributed by atoms with van der Waals surface area (Å²) in [7, 11) is 1.90. The van der Waals surface area contributed by atoms with Gasteiger partial charge >= 0.3 is 0 Å². The van der Waals surface area contributed by atoms with E-state index in [1.165, 1.54) is 37.7 Å². The SMILES string of the molecule is CN=C(NC1CCN(Cc2ccccc2)C1)NC1C2CCOC2C12CCC2. The van der Waals surface area contributed by atoms with Gasteiger partial charge in [0.05, 0.1) is 6.10 Å². The Morgan fingerprint density at radius 1 is 1.22 bits per heavy atom. The summed E-state index contributed by atoms with van der Waals surface area (Å²) in [5.74, 6) is 1.67. The zero-order chi connectivity index (χ0) is 18.3. The Bertz CT molecular complexity index is 687. The van der Waals surface area contributed by atoms with Crippen LogP contribution in [0.25, 0.3) is 0 Å². The molecule has 4 atom stereocenters. The summed E-state index contributed by atoms with van der Waals surface area (Å²) < 4.78 is 6.05. The molecule has 2 aliphatic carbocycles. The fourth-order valence-electron chi connectivity index (χ4n) is 5.90. The summed E-state index contributed by atoms with van der Waals surface area (Å²) >= 11 is 0. The minimum atomic E-state index is 0.397. The van der Waals surface area contributed by atoms with Crippen molar-refractivity contribution in [3.63, 3.8) is 0 Å². The van der Waals surface area contributed by atoms with E-state index in [4.69, 9.17) is 4.74 Å². The number of fused-ring (bicyclic) bond motifs is 2. The Labute approximate surface area is 162 Å². The van der Waals surface area contributed by atoms with Gasteiger partial charge in [0, 0.05) is 56.7 Å². The first-order valence-electron chi connectivity index (χ1n) is 10.7. The molecule has 27 heavy (non-hydrogen) atoms. The lowest BCUT2D eigenvalue weighted by molar-refractivity contribution is -0.171. The van der Waals surface area contributed by atoms with Crippen LogP contribution in [0.5, 0.6) is 0 Å². The molecule has 5 rings (SSSR count). The van der Waals surface area contributed by atoms with Crippen LogP contribution in [0.15, 0.2) is 35.3 Å². The normalized spacial score (nSPS) is 34.8. The first-order valence-corrected chi connectivity index (χ1v) is 10.7. The van der Waals surface area contributed by atoms with Crippen molar-refractivity contribution in [2.24, 2.45) is 16.3 Å². The predicted molar refractivity (Wildman–Crippen MR) is 108 cm³/mol. The maximum absolute atomic E-state index is 6.05. The molecule has 2 N–H and O–H groups in total. The molecule has 4 unspecified atom stereocenters.